The van der Waals surface area contributed by atoms with E-state index in [-0.39, 0.29) is 17.5 Å². The van der Waals surface area contributed by atoms with Gasteiger partial charge in [-0.25, -0.2) is 8.42 Å². The standard InChI is InChI=1S/C17H22N4O4S/c1-20(2)16-10-18-11-17(19-16)25-13-8-9-21(12-13)26(22,23)15-7-5-4-6-14(15)24-3/h4-7,10-11,13H,8-9,12H2,1-3H3/t13-/m0/s1. The maximum Gasteiger partial charge on any atom is 0.246 e. The third-order valence-electron chi connectivity index (χ3n) is 4.14. The van der Waals surface area contributed by atoms with Gasteiger partial charge in [0.25, 0.3) is 0 Å². The zero-order valence-corrected chi connectivity index (χ0v) is 15.8. The normalized spacial score (nSPS) is 17.9. The molecule has 0 N–H and O–H groups in total. The number of ether oxygens (including phenoxy) is 2. The van der Waals surface area contributed by atoms with Crippen LogP contribution in [0.2, 0.25) is 0 Å². The number of sulfonamides is 1. The molecule has 1 atom stereocenters. The summed E-state index contributed by atoms with van der Waals surface area (Å²) < 4.78 is 38.3. The molecule has 0 bridgehead atoms. The number of hydrogen-bond donors (Lipinski definition) is 0. The van der Waals surface area contributed by atoms with E-state index < -0.39 is 10.0 Å². The molecule has 0 saturated carbocycles. The van der Waals surface area contributed by atoms with E-state index in [0.717, 1.165) is 0 Å². The summed E-state index contributed by atoms with van der Waals surface area (Å²) >= 11 is 0. The molecule has 1 aliphatic rings. The van der Waals surface area contributed by atoms with E-state index in [1.165, 1.54) is 17.6 Å². The fraction of sp³-hybridized carbons (Fsp3) is 0.412. The fourth-order valence-electron chi connectivity index (χ4n) is 2.76. The van der Waals surface area contributed by atoms with Crippen LogP contribution in [0.1, 0.15) is 6.42 Å². The van der Waals surface area contributed by atoms with Gasteiger partial charge < -0.3 is 14.4 Å². The third kappa shape index (κ3) is 3.73. The fourth-order valence-corrected chi connectivity index (χ4v) is 4.41. The predicted octanol–water partition coefficient (Wildman–Crippen LogP) is 1.39. The molecule has 1 saturated heterocycles. The lowest BCUT2D eigenvalue weighted by atomic mass is 10.3. The first-order valence-electron chi connectivity index (χ1n) is 8.21. The Kier molecular flexibility index (Phi) is 5.28. The van der Waals surface area contributed by atoms with Crippen molar-refractivity contribution in [3.63, 3.8) is 0 Å². The van der Waals surface area contributed by atoms with Gasteiger partial charge in [0.05, 0.1) is 26.0 Å². The summed E-state index contributed by atoms with van der Waals surface area (Å²) in [5.41, 5.74) is 0. The van der Waals surface area contributed by atoms with Crippen LogP contribution in [0.5, 0.6) is 11.6 Å². The Hall–Kier alpha value is -2.39. The maximum atomic E-state index is 12.9. The molecule has 0 spiro atoms. The number of anilines is 1. The first kappa shape index (κ1) is 18.4. The minimum atomic E-state index is -3.64. The van der Waals surface area contributed by atoms with E-state index in [2.05, 4.69) is 9.97 Å². The van der Waals surface area contributed by atoms with Crippen LogP contribution >= 0.6 is 0 Å². The van der Waals surface area contributed by atoms with Crippen molar-refractivity contribution in [1.82, 2.24) is 14.3 Å². The second-order valence-corrected chi connectivity index (χ2v) is 8.06. The van der Waals surface area contributed by atoms with Crippen molar-refractivity contribution in [2.45, 2.75) is 17.4 Å². The summed E-state index contributed by atoms with van der Waals surface area (Å²) in [7, 11) is 1.55. The molecule has 3 rings (SSSR count). The van der Waals surface area contributed by atoms with Crippen molar-refractivity contribution in [1.29, 1.82) is 0 Å². The largest absolute Gasteiger partial charge is 0.495 e. The highest BCUT2D eigenvalue weighted by Gasteiger charge is 2.35. The van der Waals surface area contributed by atoms with Crippen LogP contribution in [-0.4, -0.2) is 63.1 Å². The number of rotatable bonds is 6. The summed E-state index contributed by atoms with van der Waals surface area (Å²) in [6.45, 7) is 0.639. The molecular weight excluding hydrogens is 356 g/mol. The molecule has 0 radical (unpaired) electrons. The highest BCUT2D eigenvalue weighted by molar-refractivity contribution is 7.89. The smallest absolute Gasteiger partial charge is 0.246 e. The first-order valence-corrected chi connectivity index (χ1v) is 9.65. The lowest BCUT2D eigenvalue weighted by molar-refractivity contribution is 0.206. The lowest BCUT2D eigenvalue weighted by Gasteiger charge is -2.19. The molecule has 2 aromatic rings. The summed E-state index contributed by atoms with van der Waals surface area (Å²) in [6, 6.07) is 6.61. The van der Waals surface area contributed by atoms with Gasteiger partial charge in [0.15, 0.2) is 5.82 Å². The summed E-state index contributed by atoms with van der Waals surface area (Å²) in [4.78, 5) is 10.5. The number of nitrogens with zero attached hydrogens (tertiary/aromatic N) is 4. The van der Waals surface area contributed by atoms with Crippen LogP contribution in [0, 0.1) is 0 Å². The molecule has 26 heavy (non-hydrogen) atoms. The second kappa shape index (κ2) is 7.46. The molecule has 0 aliphatic carbocycles. The number of methoxy groups -OCH3 is 1. The van der Waals surface area contributed by atoms with E-state index in [0.29, 0.717) is 30.4 Å². The minimum Gasteiger partial charge on any atom is -0.495 e. The molecule has 1 aromatic carbocycles. The number of para-hydroxylation sites is 1. The van der Waals surface area contributed by atoms with Crippen LogP contribution in [0.15, 0.2) is 41.6 Å². The van der Waals surface area contributed by atoms with E-state index >= 15 is 0 Å². The predicted molar refractivity (Wildman–Crippen MR) is 97.1 cm³/mol. The Labute approximate surface area is 153 Å². The topological polar surface area (TPSA) is 84.9 Å². The molecule has 0 unspecified atom stereocenters. The van der Waals surface area contributed by atoms with E-state index in [1.54, 1.807) is 30.5 Å². The van der Waals surface area contributed by atoms with Gasteiger partial charge in [0.1, 0.15) is 16.7 Å². The van der Waals surface area contributed by atoms with Crippen molar-refractivity contribution in [3.05, 3.63) is 36.7 Å². The molecule has 9 heteroatoms. The van der Waals surface area contributed by atoms with Gasteiger partial charge in [0, 0.05) is 20.6 Å². The van der Waals surface area contributed by atoms with E-state index in [1.807, 2.05) is 19.0 Å². The monoisotopic (exact) mass is 378 g/mol. The van der Waals surface area contributed by atoms with E-state index in [9.17, 15) is 8.42 Å². The van der Waals surface area contributed by atoms with Crippen LogP contribution in [0.3, 0.4) is 0 Å². The Morgan fingerprint density at radius 2 is 2.00 bits per heavy atom. The van der Waals surface area contributed by atoms with Crippen LogP contribution in [0.4, 0.5) is 5.82 Å². The SMILES string of the molecule is COc1ccccc1S(=O)(=O)N1CC[C@H](Oc2cncc(N(C)C)n2)C1. The third-order valence-corrected chi connectivity index (χ3v) is 6.04. The molecule has 2 heterocycles. The Bertz CT molecular complexity index is 873. The molecule has 1 aliphatic heterocycles. The molecule has 1 aromatic heterocycles. The highest BCUT2D eigenvalue weighted by Crippen LogP contribution is 2.29. The van der Waals surface area contributed by atoms with Crippen molar-refractivity contribution in [2.75, 3.05) is 39.2 Å². The van der Waals surface area contributed by atoms with Crippen LogP contribution in [0.25, 0.3) is 0 Å². The number of aromatic nitrogens is 2. The van der Waals surface area contributed by atoms with Gasteiger partial charge in [-0.05, 0) is 18.6 Å². The van der Waals surface area contributed by atoms with Gasteiger partial charge in [-0.15, -0.1) is 0 Å². The second-order valence-electron chi connectivity index (χ2n) is 6.15. The lowest BCUT2D eigenvalue weighted by Crippen LogP contribution is -2.31. The van der Waals surface area contributed by atoms with Crippen LogP contribution in [-0.2, 0) is 10.0 Å². The van der Waals surface area contributed by atoms with Crippen molar-refractivity contribution >= 4 is 15.8 Å². The average molecular weight is 378 g/mol. The number of benzene rings is 1. The molecular formula is C17H22N4O4S. The molecule has 1 fully saturated rings. The van der Waals surface area contributed by atoms with E-state index in [4.69, 9.17) is 9.47 Å². The van der Waals surface area contributed by atoms with Gasteiger partial charge in [-0.1, -0.05) is 12.1 Å². The molecule has 140 valence electrons. The molecule has 0 amide bonds. The zero-order valence-electron chi connectivity index (χ0n) is 15.0. The van der Waals surface area contributed by atoms with Gasteiger partial charge in [-0.3, -0.25) is 4.98 Å². The van der Waals surface area contributed by atoms with Crippen molar-refractivity contribution in [3.8, 4) is 11.6 Å². The van der Waals surface area contributed by atoms with Crippen molar-refractivity contribution < 1.29 is 17.9 Å². The Morgan fingerprint density at radius 1 is 1.23 bits per heavy atom. The number of hydrogen-bond acceptors (Lipinski definition) is 7. The Balaban J connectivity index is 1.73. The first-order chi connectivity index (χ1) is 12.4. The van der Waals surface area contributed by atoms with Crippen LogP contribution < -0.4 is 14.4 Å². The zero-order chi connectivity index (χ0) is 18.7. The summed E-state index contributed by atoms with van der Waals surface area (Å²) in [6.07, 6.45) is 3.48. The van der Waals surface area contributed by atoms with Crippen molar-refractivity contribution in [2.24, 2.45) is 0 Å². The average Bonchev–Trinajstić information content (AvgIpc) is 3.11. The maximum absolute atomic E-state index is 12.9. The van der Waals surface area contributed by atoms with Gasteiger partial charge in [0.2, 0.25) is 15.9 Å². The van der Waals surface area contributed by atoms with Gasteiger partial charge >= 0.3 is 0 Å². The minimum absolute atomic E-state index is 0.164. The summed E-state index contributed by atoms with van der Waals surface area (Å²) in [5, 5.41) is 0. The molecule has 8 nitrogen and oxygen atoms in total. The Morgan fingerprint density at radius 3 is 2.73 bits per heavy atom. The quantitative estimate of drug-likeness (QED) is 0.751. The highest BCUT2D eigenvalue weighted by atomic mass is 32.2. The summed E-state index contributed by atoms with van der Waals surface area (Å²) in [5.74, 6) is 1.40. The van der Waals surface area contributed by atoms with Gasteiger partial charge in [-0.2, -0.15) is 9.29 Å².